The van der Waals surface area contributed by atoms with E-state index in [1.54, 1.807) is 18.1 Å². The van der Waals surface area contributed by atoms with Gasteiger partial charge < -0.3 is 10.6 Å². The third-order valence-electron chi connectivity index (χ3n) is 2.37. The van der Waals surface area contributed by atoms with Gasteiger partial charge in [0.25, 0.3) is 5.95 Å². The van der Waals surface area contributed by atoms with Crippen LogP contribution in [0.3, 0.4) is 0 Å². The van der Waals surface area contributed by atoms with E-state index >= 15 is 0 Å². The first-order valence-corrected chi connectivity index (χ1v) is 7.80. The quantitative estimate of drug-likeness (QED) is 0.698. The number of nitrogens with zero attached hydrogens (tertiary/aromatic N) is 6. The molecule has 20 heavy (non-hydrogen) atoms. The summed E-state index contributed by atoms with van der Waals surface area (Å²) in [7, 11) is 0. The fourth-order valence-corrected chi connectivity index (χ4v) is 1.74. The Labute approximate surface area is 121 Å². The van der Waals surface area contributed by atoms with Crippen LogP contribution in [0, 0.1) is 0 Å². The molecular weight excluding hydrogens is 276 g/mol. The standard InChI is InChI=1S/C11H18N8S/c1-3-4-13-9-16-10(14-5-6-20-2)18-11(17-9)19-8-12-7-15-19/h7-8H,3-6H2,1-2H3,(H2,13,14,16,17,18). The average Bonchev–Trinajstić information content (AvgIpc) is 2.99. The minimum atomic E-state index is 0.447. The maximum absolute atomic E-state index is 4.34. The topological polar surface area (TPSA) is 93.4 Å². The van der Waals surface area contributed by atoms with Crippen LogP contribution in [0.4, 0.5) is 11.9 Å². The smallest absolute Gasteiger partial charge is 0.258 e. The van der Waals surface area contributed by atoms with E-state index in [0.717, 1.165) is 25.3 Å². The zero-order valence-electron chi connectivity index (χ0n) is 11.6. The van der Waals surface area contributed by atoms with Crippen LogP contribution in [0.2, 0.25) is 0 Å². The molecular formula is C11H18N8S. The molecule has 0 aliphatic carbocycles. The van der Waals surface area contributed by atoms with E-state index in [1.165, 1.54) is 11.0 Å². The van der Waals surface area contributed by atoms with Crippen LogP contribution in [0.25, 0.3) is 5.95 Å². The van der Waals surface area contributed by atoms with Crippen molar-refractivity contribution in [1.82, 2.24) is 29.7 Å². The Morgan fingerprint density at radius 2 is 1.90 bits per heavy atom. The summed E-state index contributed by atoms with van der Waals surface area (Å²) < 4.78 is 1.51. The second-order valence-corrected chi connectivity index (χ2v) is 4.95. The summed E-state index contributed by atoms with van der Waals surface area (Å²) in [5.74, 6) is 2.52. The highest BCUT2D eigenvalue weighted by Gasteiger charge is 2.08. The Bertz CT molecular complexity index is 515. The molecule has 2 N–H and O–H groups in total. The van der Waals surface area contributed by atoms with Gasteiger partial charge in [0, 0.05) is 18.8 Å². The van der Waals surface area contributed by atoms with E-state index in [1.807, 2.05) is 0 Å². The van der Waals surface area contributed by atoms with Gasteiger partial charge in [0.05, 0.1) is 0 Å². The molecule has 0 fully saturated rings. The summed E-state index contributed by atoms with van der Waals surface area (Å²) in [6.07, 6.45) is 6.07. The van der Waals surface area contributed by atoms with Crippen LogP contribution in [0.5, 0.6) is 0 Å². The van der Waals surface area contributed by atoms with Crippen molar-refractivity contribution in [3.63, 3.8) is 0 Å². The normalized spacial score (nSPS) is 10.5. The Morgan fingerprint density at radius 3 is 2.50 bits per heavy atom. The van der Waals surface area contributed by atoms with Gasteiger partial charge >= 0.3 is 0 Å². The Balaban J connectivity index is 2.19. The number of anilines is 2. The molecule has 0 unspecified atom stereocenters. The molecule has 0 atom stereocenters. The van der Waals surface area contributed by atoms with Gasteiger partial charge in [-0.1, -0.05) is 6.92 Å². The van der Waals surface area contributed by atoms with Gasteiger partial charge in [-0.15, -0.1) is 0 Å². The van der Waals surface area contributed by atoms with E-state index in [-0.39, 0.29) is 0 Å². The first-order chi connectivity index (χ1) is 9.83. The Kier molecular flexibility index (Phi) is 5.54. The SMILES string of the molecule is CCCNc1nc(NCCSC)nc(-n2cncn2)n1. The van der Waals surface area contributed by atoms with Crippen molar-refractivity contribution in [3.05, 3.63) is 12.7 Å². The highest BCUT2D eigenvalue weighted by Crippen LogP contribution is 2.08. The summed E-state index contributed by atoms with van der Waals surface area (Å²) in [6.45, 7) is 3.70. The molecule has 9 heteroatoms. The van der Waals surface area contributed by atoms with Gasteiger partial charge in [-0.05, 0) is 12.7 Å². The number of nitrogens with one attached hydrogen (secondary N) is 2. The van der Waals surface area contributed by atoms with Gasteiger partial charge in [0.1, 0.15) is 12.7 Å². The summed E-state index contributed by atoms with van der Waals surface area (Å²) >= 11 is 1.76. The molecule has 0 saturated carbocycles. The fourth-order valence-electron chi connectivity index (χ4n) is 1.44. The van der Waals surface area contributed by atoms with E-state index in [9.17, 15) is 0 Å². The molecule has 0 saturated heterocycles. The highest BCUT2D eigenvalue weighted by atomic mass is 32.2. The molecule has 108 valence electrons. The van der Waals surface area contributed by atoms with E-state index < -0.39 is 0 Å². The van der Waals surface area contributed by atoms with Gasteiger partial charge in [-0.3, -0.25) is 0 Å². The summed E-state index contributed by atoms with van der Waals surface area (Å²) in [5, 5.41) is 10.4. The van der Waals surface area contributed by atoms with E-state index in [4.69, 9.17) is 0 Å². The first-order valence-electron chi connectivity index (χ1n) is 6.41. The molecule has 2 aromatic rings. The Morgan fingerprint density at radius 1 is 1.15 bits per heavy atom. The number of aromatic nitrogens is 6. The van der Waals surface area contributed by atoms with Crippen molar-refractivity contribution in [2.45, 2.75) is 13.3 Å². The molecule has 2 heterocycles. The zero-order valence-corrected chi connectivity index (χ0v) is 12.4. The van der Waals surface area contributed by atoms with Crippen LogP contribution in [-0.4, -0.2) is 54.8 Å². The predicted octanol–water partition coefficient (Wildman–Crippen LogP) is 1.05. The summed E-state index contributed by atoms with van der Waals surface area (Å²) in [4.78, 5) is 16.9. The van der Waals surface area contributed by atoms with Crippen LogP contribution >= 0.6 is 11.8 Å². The van der Waals surface area contributed by atoms with Crippen LogP contribution in [0.1, 0.15) is 13.3 Å². The lowest BCUT2D eigenvalue weighted by Crippen LogP contribution is -2.14. The lowest BCUT2D eigenvalue weighted by molar-refractivity contribution is 0.792. The fraction of sp³-hybridized carbons (Fsp3) is 0.545. The van der Waals surface area contributed by atoms with Crippen LogP contribution in [-0.2, 0) is 0 Å². The maximum atomic E-state index is 4.34. The van der Waals surface area contributed by atoms with Gasteiger partial charge in [-0.25, -0.2) is 4.98 Å². The lowest BCUT2D eigenvalue weighted by Gasteiger charge is -2.09. The highest BCUT2D eigenvalue weighted by molar-refractivity contribution is 7.98. The minimum absolute atomic E-state index is 0.447. The van der Waals surface area contributed by atoms with Crippen molar-refractivity contribution in [1.29, 1.82) is 0 Å². The van der Waals surface area contributed by atoms with Gasteiger partial charge in [-0.2, -0.15) is 36.5 Å². The molecule has 8 nitrogen and oxygen atoms in total. The van der Waals surface area contributed by atoms with Crippen molar-refractivity contribution in [2.75, 3.05) is 35.7 Å². The van der Waals surface area contributed by atoms with Crippen molar-refractivity contribution >= 4 is 23.7 Å². The van der Waals surface area contributed by atoms with Crippen molar-refractivity contribution in [3.8, 4) is 5.95 Å². The second-order valence-electron chi connectivity index (χ2n) is 3.97. The monoisotopic (exact) mass is 294 g/mol. The lowest BCUT2D eigenvalue weighted by atomic mass is 10.5. The van der Waals surface area contributed by atoms with Gasteiger partial charge in [0.2, 0.25) is 11.9 Å². The molecule has 0 aliphatic rings. The van der Waals surface area contributed by atoms with Crippen molar-refractivity contribution in [2.24, 2.45) is 0 Å². The first kappa shape index (κ1) is 14.5. The third kappa shape index (κ3) is 4.05. The van der Waals surface area contributed by atoms with Crippen molar-refractivity contribution < 1.29 is 0 Å². The largest absolute Gasteiger partial charge is 0.354 e. The third-order valence-corrected chi connectivity index (χ3v) is 2.98. The molecule has 0 spiro atoms. The molecule has 0 bridgehead atoms. The van der Waals surface area contributed by atoms with E-state index in [0.29, 0.717) is 17.8 Å². The zero-order chi connectivity index (χ0) is 14.2. The van der Waals surface area contributed by atoms with Gasteiger partial charge in [0.15, 0.2) is 0 Å². The van der Waals surface area contributed by atoms with Crippen LogP contribution < -0.4 is 10.6 Å². The number of thioether (sulfide) groups is 1. The maximum Gasteiger partial charge on any atom is 0.258 e. The predicted molar refractivity (Wildman–Crippen MR) is 80.4 cm³/mol. The molecule has 0 radical (unpaired) electrons. The molecule has 0 amide bonds. The van der Waals surface area contributed by atoms with E-state index in [2.05, 4.69) is 48.8 Å². The molecule has 0 aliphatic heterocycles. The molecule has 2 aromatic heterocycles. The number of hydrogen-bond donors (Lipinski definition) is 2. The molecule has 0 aromatic carbocycles. The summed E-state index contributed by atoms with van der Waals surface area (Å²) in [5.41, 5.74) is 0. The van der Waals surface area contributed by atoms with Crippen LogP contribution in [0.15, 0.2) is 12.7 Å². The Hall–Kier alpha value is -1.90. The number of hydrogen-bond acceptors (Lipinski definition) is 8. The molecule has 2 rings (SSSR count). The summed E-state index contributed by atoms with van der Waals surface area (Å²) in [6, 6.07) is 0. The second kappa shape index (κ2) is 7.63. The number of rotatable bonds is 8. The average molecular weight is 294 g/mol. The minimum Gasteiger partial charge on any atom is -0.354 e.